The molecule has 6 rings (SSSR count). The molecule has 2 aliphatic rings. The third kappa shape index (κ3) is 5.70. The van der Waals surface area contributed by atoms with Crippen molar-refractivity contribution in [3.05, 3.63) is 118 Å². The van der Waals surface area contributed by atoms with Gasteiger partial charge in [-0.1, -0.05) is 19.1 Å². The van der Waals surface area contributed by atoms with Gasteiger partial charge < -0.3 is 5.11 Å². The number of ketones is 1. The molecule has 2 amide bonds. The highest BCUT2D eigenvalue weighted by molar-refractivity contribution is 6.12. The molecule has 0 fully saturated rings. The van der Waals surface area contributed by atoms with Crippen LogP contribution < -0.4 is 9.80 Å². The van der Waals surface area contributed by atoms with E-state index in [0.29, 0.717) is 35.2 Å². The van der Waals surface area contributed by atoms with E-state index in [2.05, 4.69) is 16.0 Å². The molecule has 2 aliphatic heterocycles. The van der Waals surface area contributed by atoms with Crippen LogP contribution in [0.1, 0.15) is 92.6 Å². The van der Waals surface area contributed by atoms with Crippen LogP contribution in [-0.2, 0) is 4.79 Å². The van der Waals surface area contributed by atoms with Gasteiger partial charge in [0.15, 0.2) is 6.23 Å². The summed E-state index contributed by atoms with van der Waals surface area (Å²) in [6, 6.07) is 14.7. The van der Waals surface area contributed by atoms with E-state index in [9.17, 15) is 19.5 Å². The van der Waals surface area contributed by atoms with Gasteiger partial charge in [0.2, 0.25) is 0 Å². The molecule has 43 heavy (non-hydrogen) atoms. The zero-order valence-electron chi connectivity index (χ0n) is 25.2. The maximum atomic E-state index is 13.0. The highest BCUT2D eigenvalue weighted by atomic mass is 16.3. The number of nitrogens with zero attached hydrogens (tertiary/aromatic N) is 4. The molecule has 8 nitrogen and oxygen atoms in total. The van der Waals surface area contributed by atoms with Crippen molar-refractivity contribution in [2.75, 3.05) is 9.80 Å². The lowest BCUT2D eigenvalue weighted by Crippen LogP contribution is -2.29. The number of Topliss-reactive ketones (excluding diaryl/α,β-unsaturated/α-hetero) is 1. The molecule has 4 aromatic rings. The number of aromatic nitrogens is 2. The van der Waals surface area contributed by atoms with Gasteiger partial charge in [-0.3, -0.25) is 34.2 Å². The number of fused-ring (bicyclic) bond motifs is 2. The molecule has 2 aromatic carbocycles. The third-order valence-corrected chi connectivity index (χ3v) is 8.22. The van der Waals surface area contributed by atoms with Gasteiger partial charge in [-0.15, -0.1) is 0 Å². The zero-order valence-corrected chi connectivity index (χ0v) is 25.2. The second-order valence-corrected chi connectivity index (χ2v) is 11.2. The normalized spacial score (nSPS) is 17.0. The minimum atomic E-state index is -0.939. The lowest BCUT2D eigenvalue weighted by atomic mass is 9.95. The Morgan fingerprint density at radius 3 is 1.79 bits per heavy atom. The average molecular weight is 577 g/mol. The van der Waals surface area contributed by atoms with Crippen LogP contribution in [0.4, 0.5) is 11.4 Å². The highest BCUT2D eigenvalue weighted by Crippen LogP contribution is 2.41. The summed E-state index contributed by atoms with van der Waals surface area (Å²) in [5.41, 5.74) is 8.58. The van der Waals surface area contributed by atoms with Gasteiger partial charge in [-0.05, 0) is 98.3 Å². The van der Waals surface area contributed by atoms with Crippen molar-refractivity contribution in [1.82, 2.24) is 9.97 Å². The maximum Gasteiger partial charge on any atom is 0.261 e. The predicted molar refractivity (Wildman–Crippen MR) is 166 cm³/mol. The minimum absolute atomic E-state index is 0.0459. The molecule has 2 atom stereocenters. The number of pyridine rings is 2. The first-order chi connectivity index (χ1) is 20.6. The van der Waals surface area contributed by atoms with E-state index in [1.54, 1.807) is 41.8 Å². The molecular weight excluding hydrogens is 540 g/mol. The Morgan fingerprint density at radius 2 is 1.26 bits per heavy atom. The van der Waals surface area contributed by atoms with Gasteiger partial charge in [0.05, 0.1) is 29.8 Å². The summed E-state index contributed by atoms with van der Waals surface area (Å²) in [7, 11) is 0. The Balaban J connectivity index is 0.000000176. The molecular formula is C35H36N4O4. The van der Waals surface area contributed by atoms with Crippen molar-refractivity contribution < 1.29 is 19.5 Å². The Morgan fingerprint density at radius 1 is 0.767 bits per heavy atom. The first-order valence-electron chi connectivity index (χ1n) is 14.5. The SMILES string of the molecule is CCCC(=O)CC1c2cc(C)c(C)cc2C(=O)N1c1cccnc1.Cc1cc2c(cc1C)C(O)N(c1cccnc1)C2=O. The van der Waals surface area contributed by atoms with Crippen molar-refractivity contribution >= 4 is 29.0 Å². The lowest BCUT2D eigenvalue weighted by molar-refractivity contribution is -0.119. The smallest absolute Gasteiger partial charge is 0.261 e. The quantitative estimate of drug-likeness (QED) is 0.281. The monoisotopic (exact) mass is 576 g/mol. The van der Waals surface area contributed by atoms with E-state index < -0.39 is 6.23 Å². The van der Waals surface area contributed by atoms with Gasteiger partial charge in [0.1, 0.15) is 5.78 Å². The summed E-state index contributed by atoms with van der Waals surface area (Å²) in [5, 5.41) is 10.4. The number of aliphatic hydroxyl groups excluding tert-OH is 1. The average Bonchev–Trinajstić information content (AvgIpc) is 3.39. The van der Waals surface area contributed by atoms with Crippen LogP contribution in [-0.4, -0.2) is 32.7 Å². The van der Waals surface area contributed by atoms with Gasteiger partial charge in [0, 0.05) is 41.9 Å². The Hall–Kier alpha value is -4.69. The lowest BCUT2D eigenvalue weighted by Gasteiger charge is -2.24. The number of hydrogen-bond donors (Lipinski definition) is 1. The van der Waals surface area contributed by atoms with E-state index in [0.717, 1.165) is 39.9 Å². The third-order valence-electron chi connectivity index (χ3n) is 8.22. The molecule has 8 heteroatoms. The van der Waals surface area contributed by atoms with Crippen molar-refractivity contribution in [3.8, 4) is 0 Å². The molecule has 220 valence electrons. The molecule has 0 bridgehead atoms. The highest BCUT2D eigenvalue weighted by Gasteiger charge is 2.39. The fourth-order valence-corrected chi connectivity index (χ4v) is 5.67. The van der Waals surface area contributed by atoms with Crippen LogP contribution in [0.3, 0.4) is 0 Å². The summed E-state index contributed by atoms with van der Waals surface area (Å²) in [4.78, 5) is 48.9. The molecule has 0 saturated heterocycles. The molecule has 0 aliphatic carbocycles. The van der Waals surface area contributed by atoms with E-state index in [-0.39, 0.29) is 23.6 Å². The van der Waals surface area contributed by atoms with Crippen LogP contribution >= 0.6 is 0 Å². The molecule has 0 saturated carbocycles. The van der Waals surface area contributed by atoms with Gasteiger partial charge in [-0.2, -0.15) is 0 Å². The largest absolute Gasteiger partial charge is 0.369 e. The van der Waals surface area contributed by atoms with Crippen molar-refractivity contribution in [3.63, 3.8) is 0 Å². The Bertz CT molecular complexity index is 1690. The van der Waals surface area contributed by atoms with Crippen LogP contribution in [0.2, 0.25) is 0 Å². The Labute approximate surface area is 252 Å². The van der Waals surface area contributed by atoms with Gasteiger partial charge in [0.25, 0.3) is 11.8 Å². The number of anilines is 2. The second-order valence-electron chi connectivity index (χ2n) is 11.2. The van der Waals surface area contributed by atoms with Crippen molar-refractivity contribution in [2.24, 2.45) is 0 Å². The van der Waals surface area contributed by atoms with Crippen molar-refractivity contribution in [2.45, 2.75) is 66.2 Å². The molecule has 2 unspecified atom stereocenters. The van der Waals surface area contributed by atoms with Crippen LogP contribution in [0, 0.1) is 27.7 Å². The fourth-order valence-electron chi connectivity index (χ4n) is 5.67. The number of aliphatic hydroxyl groups is 1. The van der Waals surface area contributed by atoms with E-state index in [4.69, 9.17) is 0 Å². The first-order valence-corrected chi connectivity index (χ1v) is 14.5. The number of rotatable bonds is 6. The van der Waals surface area contributed by atoms with Crippen LogP contribution in [0.25, 0.3) is 0 Å². The van der Waals surface area contributed by atoms with Crippen LogP contribution in [0.15, 0.2) is 73.3 Å². The van der Waals surface area contributed by atoms with Gasteiger partial charge >= 0.3 is 0 Å². The van der Waals surface area contributed by atoms with E-state index in [1.807, 2.05) is 65.0 Å². The predicted octanol–water partition coefficient (Wildman–Crippen LogP) is 6.51. The standard InChI is InChI=1S/C20H22N2O2.C15H14N2O2/c1-4-6-16(23)11-19-17-9-13(2)14(3)10-18(17)20(24)22(19)15-7-5-8-21-12-15;1-9-6-12-13(7-10(9)2)15(19)17(14(12)18)11-4-3-5-16-8-11/h5,7-10,12,19H,4,6,11H2,1-3H3;3-8,14,18H,1-2H3. The molecule has 2 aromatic heterocycles. The summed E-state index contributed by atoms with van der Waals surface area (Å²) >= 11 is 0. The number of carbonyl (C=O) groups excluding carboxylic acids is 3. The number of amides is 2. The number of carbonyl (C=O) groups is 3. The summed E-state index contributed by atoms with van der Waals surface area (Å²) in [6.45, 7) is 9.98. The van der Waals surface area contributed by atoms with Crippen molar-refractivity contribution in [1.29, 1.82) is 0 Å². The van der Waals surface area contributed by atoms with Crippen LogP contribution in [0.5, 0.6) is 0 Å². The maximum absolute atomic E-state index is 13.0. The molecule has 1 N–H and O–H groups in total. The molecule has 4 heterocycles. The number of hydrogen-bond acceptors (Lipinski definition) is 6. The minimum Gasteiger partial charge on any atom is -0.369 e. The fraction of sp³-hybridized carbons (Fsp3) is 0.286. The molecule has 0 spiro atoms. The number of benzene rings is 2. The topological polar surface area (TPSA) is 104 Å². The molecule has 0 radical (unpaired) electrons. The summed E-state index contributed by atoms with van der Waals surface area (Å²) < 4.78 is 0. The Kier molecular flexibility index (Phi) is 8.50. The summed E-state index contributed by atoms with van der Waals surface area (Å²) in [5.74, 6) is -0.0377. The second kappa shape index (κ2) is 12.3. The van der Waals surface area contributed by atoms with E-state index >= 15 is 0 Å². The van der Waals surface area contributed by atoms with Gasteiger partial charge in [-0.25, -0.2) is 0 Å². The zero-order chi connectivity index (χ0) is 30.8. The summed E-state index contributed by atoms with van der Waals surface area (Å²) in [6.07, 6.45) is 7.36. The first kappa shape index (κ1) is 29.8. The number of aryl methyl sites for hydroxylation is 4. The van der Waals surface area contributed by atoms with E-state index in [1.165, 1.54) is 4.90 Å².